The SMILES string of the molecule is COc1ccc(N)cc1NC(=O)C(C)SC(C)CCO. The minimum atomic E-state index is -0.220. The Morgan fingerprint density at radius 3 is 2.80 bits per heavy atom. The molecule has 2 atom stereocenters. The molecule has 0 saturated carbocycles. The Bertz CT molecular complexity index is 454. The van der Waals surface area contributed by atoms with Crippen LogP contribution in [0.4, 0.5) is 11.4 Å². The van der Waals surface area contributed by atoms with Crippen LogP contribution in [0.3, 0.4) is 0 Å². The second-order valence-electron chi connectivity index (χ2n) is 4.55. The first-order valence-electron chi connectivity index (χ1n) is 6.48. The van der Waals surface area contributed by atoms with Gasteiger partial charge in [0, 0.05) is 17.5 Å². The van der Waals surface area contributed by atoms with Crippen molar-refractivity contribution < 1.29 is 14.6 Å². The zero-order valence-corrected chi connectivity index (χ0v) is 12.9. The summed E-state index contributed by atoms with van der Waals surface area (Å²) < 4.78 is 5.19. The highest BCUT2D eigenvalue weighted by atomic mass is 32.2. The summed E-state index contributed by atoms with van der Waals surface area (Å²) in [6, 6.07) is 5.11. The molecule has 0 aliphatic carbocycles. The molecule has 2 unspecified atom stereocenters. The van der Waals surface area contributed by atoms with Crippen molar-refractivity contribution in [3.05, 3.63) is 18.2 Å². The summed E-state index contributed by atoms with van der Waals surface area (Å²) in [5.41, 5.74) is 6.85. The lowest BCUT2D eigenvalue weighted by Gasteiger charge is -2.17. The number of thioether (sulfide) groups is 1. The van der Waals surface area contributed by atoms with Gasteiger partial charge in [-0.15, -0.1) is 11.8 Å². The first-order chi connectivity index (χ1) is 9.47. The highest BCUT2D eigenvalue weighted by Crippen LogP contribution is 2.28. The minimum absolute atomic E-state index is 0.108. The highest BCUT2D eigenvalue weighted by molar-refractivity contribution is 8.01. The Labute approximate surface area is 123 Å². The third-order valence-corrected chi connectivity index (χ3v) is 4.15. The molecule has 1 rings (SSSR count). The smallest absolute Gasteiger partial charge is 0.237 e. The van der Waals surface area contributed by atoms with Crippen LogP contribution in [-0.4, -0.2) is 35.2 Å². The maximum atomic E-state index is 12.1. The van der Waals surface area contributed by atoms with Crippen LogP contribution >= 0.6 is 11.8 Å². The molecule has 0 aromatic heterocycles. The zero-order valence-electron chi connectivity index (χ0n) is 12.1. The number of aliphatic hydroxyl groups is 1. The second kappa shape index (κ2) is 8.01. The summed E-state index contributed by atoms with van der Waals surface area (Å²) in [6.07, 6.45) is 0.671. The van der Waals surface area contributed by atoms with Crippen molar-refractivity contribution in [2.75, 3.05) is 24.8 Å². The Balaban J connectivity index is 2.68. The molecule has 112 valence electrons. The summed E-state index contributed by atoms with van der Waals surface area (Å²) in [7, 11) is 1.54. The van der Waals surface area contributed by atoms with Gasteiger partial charge in [-0.05, 0) is 31.5 Å². The van der Waals surface area contributed by atoms with Crippen LogP contribution in [0.1, 0.15) is 20.3 Å². The number of methoxy groups -OCH3 is 1. The van der Waals surface area contributed by atoms with E-state index in [1.54, 1.807) is 25.3 Å². The zero-order chi connectivity index (χ0) is 15.1. The Morgan fingerprint density at radius 2 is 2.20 bits per heavy atom. The van der Waals surface area contributed by atoms with Crippen molar-refractivity contribution in [3.63, 3.8) is 0 Å². The van der Waals surface area contributed by atoms with Crippen LogP contribution in [0.5, 0.6) is 5.75 Å². The molecule has 5 nitrogen and oxygen atoms in total. The van der Waals surface area contributed by atoms with Gasteiger partial charge in [-0.1, -0.05) is 6.92 Å². The molecule has 0 radical (unpaired) electrons. The summed E-state index contributed by atoms with van der Waals surface area (Å²) in [5.74, 6) is 0.469. The first-order valence-corrected chi connectivity index (χ1v) is 7.43. The topological polar surface area (TPSA) is 84.6 Å². The van der Waals surface area contributed by atoms with E-state index in [9.17, 15) is 4.79 Å². The van der Waals surface area contributed by atoms with E-state index in [2.05, 4.69) is 5.32 Å². The standard InChI is InChI=1S/C14H22N2O3S/c1-9(6-7-17)20-10(2)14(18)16-12-8-11(15)4-5-13(12)19-3/h4-5,8-10,17H,6-7,15H2,1-3H3,(H,16,18). The second-order valence-corrected chi connectivity index (χ2v) is 6.33. The van der Waals surface area contributed by atoms with Gasteiger partial charge in [0.05, 0.1) is 18.0 Å². The number of nitrogens with two attached hydrogens (primary N) is 1. The van der Waals surface area contributed by atoms with Gasteiger partial charge in [-0.25, -0.2) is 0 Å². The van der Waals surface area contributed by atoms with Crippen molar-refractivity contribution in [1.82, 2.24) is 0 Å². The number of carbonyl (C=O) groups excluding carboxylic acids is 1. The Hall–Kier alpha value is -1.40. The number of hydrogen-bond donors (Lipinski definition) is 3. The monoisotopic (exact) mass is 298 g/mol. The lowest BCUT2D eigenvalue weighted by molar-refractivity contribution is -0.115. The third-order valence-electron chi connectivity index (χ3n) is 2.82. The highest BCUT2D eigenvalue weighted by Gasteiger charge is 2.18. The molecular formula is C14H22N2O3S. The van der Waals surface area contributed by atoms with E-state index >= 15 is 0 Å². The average Bonchev–Trinajstić information content (AvgIpc) is 2.39. The van der Waals surface area contributed by atoms with Gasteiger partial charge in [-0.3, -0.25) is 4.79 Å². The minimum Gasteiger partial charge on any atom is -0.495 e. The molecule has 1 aromatic carbocycles. The largest absolute Gasteiger partial charge is 0.495 e. The lowest BCUT2D eigenvalue weighted by Crippen LogP contribution is -2.24. The van der Waals surface area contributed by atoms with Crippen LogP contribution in [0.2, 0.25) is 0 Å². The molecule has 0 aliphatic rings. The summed E-state index contributed by atoms with van der Waals surface area (Å²) in [6.45, 7) is 3.96. The fourth-order valence-corrected chi connectivity index (χ4v) is 2.84. The molecule has 0 bridgehead atoms. The van der Waals surface area contributed by atoms with Gasteiger partial charge < -0.3 is 20.9 Å². The Morgan fingerprint density at radius 1 is 1.50 bits per heavy atom. The van der Waals surface area contributed by atoms with Crippen LogP contribution in [0.25, 0.3) is 0 Å². The molecule has 0 heterocycles. The summed E-state index contributed by atoms with van der Waals surface area (Å²) in [4.78, 5) is 12.1. The number of hydrogen-bond acceptors (Lipinski definition) is 5. The van der Waals surface area contributed by atoms with Gasteiger partial charge >= 0.3 is 0 Å². The molecule has 1 aromatic rings. The number of ether oxygens (including phenoxy) is 1. The van der Waals surface area contributed by atoms with E-state index in [0.29, 0.717) is 23.5 Å². The van der Waals surface area contributed by atoms with E-state index in [-0.39, 0.29) is 23.0 Å². The fraction of sp³-hybridized carbons (Fsp3) is 0.500. The summed E-state index contributed by atoms with van der Waals surface area (Å²) >= 11 is 1.53. The number of nitrogens with one attached hydrogen (secondary N) is 1. The molecule has 0 fully saturated rings. The van der Waals surface area contributed by atoms with Crippen molar-refractivity contribution >= 4 is 29.0 Å². The molecular weight excluding hydrogens is 276 g/mol. The van der Waals surface area contributed by atoms with Gasteiger partial charge in [0.2, 0.25) is 5.91 Å². The normalized spacial score (nSPS) is 13.6. The van der Waals surface area contributed by atoms with Crippen molar-refractivity contribution in [1.29, 1.82) is 0 Å². The molecule has 0 aliphatic heterocycles. The van der Waals surface area contributed by atoms with E-state index in [1.807, 2.05) is 13.8 Å². The molecule has 20 heavy (non-hydrogen) atoms. The van der Waals surface area contributed by atoms with Crippen molar-refractivity contribution in [2.24, 2.45) is 0 Å². The van der Waals surface area contributed by atoms with Gasteiger partial charge in [0.15, 0.2) is 0 Å². The van der Waals surface area contributed by atoms with Crippen LogP contribution in [-0.2, 0) is 4.79 Å². The van der Waals surface area contributed by atoms with Crippen molar-refractivity contribution in [3.8, 4) is 5.75 Å². The van der Waals surface area contributed by atoms with Crippen LogP contribution < -0.4 is 15.8 Å². The molecule has 0 saturated heterocycles. The van der Waals surface area contributed by atoms with Crippen LogP contribution in [0.15, 0.2) is 18.2 Å². The first kappa shape index (κ1) is 16.7. The van der Waals surface area contributed by atoms with Crippen molar-refractivity contribution in [2.45, 2.75) is 30.8 Å². The van der Waals surface area contributed by atoms with Gasteiger partial charge in [-0.2, -0.15) is 0 Å². The van der Waals surface area contributed by atoms with Gasteiger partial charge in [0.1, 0.15) is 5.75 Å². The predicted molar refractivity (Wildman–Crippen MR) is 84.3 cm³/mol. The maximum Gasteiger partial charge on any atom is 0.237 e. The lowest BCUT2D eigenvalue weighted by atomic mass is 10.2. The number of carbonyl (C=O) groups is 1. The maximum absolute atomic E-state index is 12.1. The number of amides is 1. The number of nitrogen functional groups attached to an aromatic ring is 1. The molecule has 0 spiro atoms. The number of anilines is 2. The van der Waals surface area contributed by atoms with E-state index in [0.717, 1.165) is 0 Å². The molecule has 6 heteroatoms. The fourth-order valence-electron chi connectivity index (χ4n) is 1.72. The quantitative estimate of drug-likeness (QED) is 0.671. The number of rotatable bonds is 7. The van der Waals surface area contributed by atoms with Gasteiger partial charge in [0.25, 0.3) is 0 Å². The average molecular weight is 298 g/mol. The van der Waals surface area contributed by atoms with Crippen LogP contribution in [0, 0.1) is 0 Å². The predicted octanol–water partition coefficient (Wildman–Crippen LogP) is 2.11. The number of benzene rings is 1. The van der Waals surface area contributed by atoms with E-state index < -0.39 is 0 Å². The van der Waals surface area contributed by atoms with E-state index in [1.165, 1.54) is 11.8 Å². The molecule has 1 amide bonds. The Kier molecular flexibility index (Phi) is 6.67. The van der Waals surface area contributed by atoms with E-state index in [4.69, 9.17) is 15.6 Å². The summed E-state index contributed by atoms with van der Waals surface area (Å²) in [5, 5.41) is 11.7. The number of aliphatic hydroxyl groups excluding tert-OH is 1. The molecule has 4 N–H and O–H groups in total. The third kappa shape index (κ3) is 4.94.